The van der Waals surface area contributed by atoms with Crippen LogP contribution in [0, 0.1) is 0 Å². The highest BCUT2D eigenvalue weighted by Gasteiger charge is 2.50. The van der Waals surface area contributed by atoms with Crippen LogP contribution in [0.1, 0.15) is 68.8 Å². The molecule has 0 spiro atoms. The maximum Gasteiger partial charge on any atom is 0.202 e. The summed E-state index contributed by atoms with van der Waals surface area (Å²) < 4.78 is 23.3. The second-order valence-electron chi connectivity index (χ2n) is 10.7. The van der Waals surface area contributed by atoms with Crippen LogP contribution in [-0.2, 0) is 25.4 Å². The molecule has 2 fully saturated rings. The van der Waals surface area contributed by atoms with E-state index < -0.39 is 54.1 Å². The molecular formula is C28H30N2O10. The zero-order valence-electron chi connectivity index (χ0n) is 21.9. The summed E-state index contributed by atoms with van der Waals surface area (Å²) in [5.41, 5.74) is 3.95. The number of carbonyl (C=O) groups is 3. The first-order chi connectivity index (χ1) is 19.1. The van der Waals surface area contributed by atoms with Crippen LogP contribution in [0.4, 0.5) is 5.69 Å². The quantitative estimate of drug-likeness (QED) is 0.218. The van der Waals surface area contributed by atoms with E-state index in [0.29, 0.717) is 13.2 Å². The average molecular weight is 555 g/mol. The molecule has 2 aliphatic heterocycles. The number of carbonyl (C=O) groups excluding carboxylic acids is 3. The maximum absolute atomic E-state index is 13.8. The molecule has 2 aromatic carbocycles. The number of aromatic hydroxyl groups is 1. The first-order valence-corrected chi connectivity index (χ1v) is 13.1. The predicted octanol–water partition coefficient (Wildman–Crippen LogP) is 0.504. The summed E-state index contributed by atoms with van der Waals surface area (Å²) in [4.78, 5) is 40.1. The Kier molecular flexibility index (Phi) is 6.44. The number of aliphatic hydroxyl groups is 2. The summed E-state index contributed by atoms with van der Waals surface area (Å²) in [6.45, 7) is 1.25. The van der Waals surface area contributed by atoms with Gasteiger partial charge in [0.2, 0.25) is 5.78 Å². The summed E-state index contributed by atoms with van der Waals surface area (Å²) in [6, 6.07) is 4.49. The largest absolute Gasteiger partial charge is 0.507 e. The highest BCUT2D eigenvalue weighted by atomic mass is 16.7. The van der Waals surface area contributed by atoms with Gasteiger partial charge in [-0.2, -0.15) is 0 Å². The molecule has 0 amide bonds. The minimum absolute atomic E-state index is 0.000166. The second-order valence-corrected chi connectivity index (χ2v) is 10.7. The Bertz CT molecular complexity index is 1440. The van der Waals surface area contributed by atoms with Gasteiger partial charge in [0.05, 0.1) is 42.7 Å². The summed E-state index contributed by atoms with van der Waals surface area (Å²) in [5, 5.41) is 35.8. The van der Waals surface area contributed by atoms with E-state index in [2.05, 4.69) is 5.32 Å². The Morgan fingerprint density at radius 3 is 2.73 bits per heavy atom. The van der Waals surface area contributed by atoms with Crippen LogP contribution in [0.2, 0.25) is 0 Å². The molecule has 4 aliphatic rings. The Hall–Kier alpha value is -3.39. The topological polar surface area (TPSA) is 187 Å². The molecule has 0 bridgehead atoms. The number of Topliss-reactive ketones (excluding diaryl/α,β-unsaturated/α-hetero) is 1. The minimum Gasteiger partial charge on any atom is -0.507 e. The fourth-order valence-electron chi connectivity index (χ4n) is 6.47. The molecule has 12 nitrogen and oxygen atoms in total. The average Bonchev–Trinajstić information content (AvgIpc) is 3.41. The number of phenolic OH excluding ortho intramolecular Hbond substituents is 1. The highest BCUT2D eigenvalue weighted by molar-refractivity contribution is 6.32. The molecule has 12 heteroatoms. The van der Waals surface area contributed by atoms with Crippen molar-refractivity contribution in [2.75, 3.05) is 26.2 Å². The number of ether oxygens (including phenoxy) is 4. The Labute approximate surface area is 229 Å². The molecule has 2 aromatic rings. The Morgan fingerprint density at radius 1 is 1.23 bits per heavy atom. The van der Waals surface area contributed by atoms with E-state index in [1.807, 2.05) is 6.92 Å². The lowest BCUT2D eigenvalue weighted by Gasteiger charge is -2.42. The zero-order valence-corrected chi connectivity index (χ0v) is 21.9. The van der Waals surface area contributed by atoms with Crippen LogP contribution in [0.3, 0.4) is 0 Å². The van der Waals surface area contributed by atoms with Crippen molar-refractivity contribution in [3.8, 4) is 11.5 Å². The predicted molar refractivity (Wildman–Crippen MR) is 137 cm³/mol. The van der Waals surface area contributed by atoms with Gasteiger partial charge in [0, 0.05) is 42.1 Å². The lowest BCUT2D eigenvalue weighted by molar-refractivity contribution is -0.244. The van der Waals surface area contributed by atoms with Crippen LogP contribution in [0.15, 0.2) is 18.2 Å². The summed E-state index contributed by atoms with van der Waals surface area (Å²) >= 11 is 0. The van der Waals surface area contributed by atoms with E-state index in [-0.39, 0.29) is 69.5 Å². The number of methoxy groups -OCH3 is 1. The van der Waals surface area contributed by atoms with Gasteiger partial charge >= 0.3 is 0 Å². The number of benzene rings is 2. The molecule has 6 rings (SSSR count). The molecular weight excluding hydrogens is 524 g/mol. The smallest absolute Gasteiger partial charge is 0.202 e. The van der Waals surface area contributed by atoms with Crippen molar-refractivity contribution in [3.63, 3.8) is 0 Å². The second kappa shape index (κ2) is 9.61. The third-order valence-electron chi connectivity index (χ3n) is 8.42. The van der Waals surface area contributed by atoms with Gasteiger partial charge in [-0.05, 0) is 18.6 Å². The van der Waals surface area contributed by atoms with Crippen molar-refractivity contribution < 1.29 is 48.7 Å². The van der Waals surface area contributed by atoms with E-state index in [4.69, 9.17) is 24.7 Å². The van der Waals surface area contributed by atoms with Crippen molar-refractivity contribution in [2.24, 2.45) is 0 Å². The fraction of sp³-hybridized carbons (Fsp3) is 0.464. The summed E-state index contributed by atoms with van der Waals surface area (Å²) in [6.07, 6.45) is -2.90. The van der Waals surface area contributed by atoms with Crippen LogP contribution in [0.25, 0.3) is 0 Å². The normalized spacial score (nSPS) is 30.8. The van der Waals surface area contributed by atoms with Crippen molar-refractivity contribution in [2.45, 2.75) is 62.4 Å². The van der Waals surface area contributed by atoms with Crippen molar-refractivity contribution in [1.29, 1.82) is 0 Å². The third-order valence-corrected chi connectivity index (χ3v) is 8.42. The molecule has 0 aromatic heterocycles. The highest BCUT2D eigenvalue weighted by Crippen LogP contribution is 2.51. The van der Waals surface area contributed by atoms with Gasteiger partial charge < -0.3 is 40.0 Å². The monoisotopic (exact) mass is 554 g/mol. The van der Waals surface area contributed by atoms with Gasteiger partial charge in [0.15, 0.2) is 17.9 Å². The number of phenols is 1. The number of hydrogen-bond donors (Lipinski definition) is 5. The van der Waals surface area contributed by atoms with Crippen molar-refractivity contribution in [3.05, 3.63) is 51.6 Å². The van der Waals surface area contributed by atoms with Crippen LogP contribution >= 0.6 is 0 Å². The van der Waals surface area contributed by atoms with Gasteiger partial charge in [-0.25, -0.2) is 0 Å². The number of hydrogen-bond acceptors (Lipinski definition) is 12. The summed E-state index contributed by atoms with van der Waals surface area (Å²) in [5.74, 6) is -2.50. The minimum atomic E-state index is -2.11. The number of rotatable bonds is 5. The van der Waals surface area contributed by atoms with Gasteiger partial charge in [0.25, 0.3) is 0 Å². The number of nitrogens with two attached hydrogens (primary N) is 1. The fourth-order valence-corrected chi connectivity index (χ4v) is 6.47. The molecule has 2 heterocycles. The van der Waals surface area contributed by atoms with E-state index >= 15 is 0 Å². The Balaban J connectivity index is 1.49. The third kappa shape index (κ3) is 3.86. The van der Waals surface area contributed by atoms with Crippen LogP contribution in [0.5, 0.6) is 11.5 Å². The molecule has 0 unspecified atom stereocenters. The standard InChI is InChI=1S/C28H30N2O10/c1-11-27-14(30-10-38-27)6-18(39-11)40-16-8-28(36,17(32)9-31)7-13-20(16)26(35)22-21(23(13)29)24(33)12-4-3-5-15(37-2)19(12)25(22)34/h3-5,11,14,16,18,27,30-31,35-36H,6-10,29H2,1-2H3/t11-,14-,16-,18-,27+,28-/m0/s1. The molecule has 6 atom stereocenters. The molecule has 6 N–H and O–H groups in total. The molecule has 0 radical (unpaired) electrons. The SMILES string of the molecule is COc1cccc2c1C(=O)c1c(O)c3c(c(N)c1C2=O)C[C@@](O)(C(=O)CO)C[C@@H]3O[C@H]1C[C@@H]2NCO[C@@H]2[C@H](C)O1. The van der Waals surface area contributed by atoms with Crippen LogP contribution in [-0.4, -0.2) is 83.3 Å². The van der Waals surface area contributed by atoms with Crippen LogP contribution < -0.4 is 15.8 Å². The first-order valence-electron chi connectivity index (χ1n) is 13.1. The number of nitrogens with one attached hydrogen (secondary N) is 1. The maximum atomic E-state index is 13.8. The van der Waals surface area contributed by atoms with Gasteiger partial charge in [-0.15, -0.1) is 0 Å². The number of nitrogen functional groups attached to an aromatic ring is 1. The van der Waals surface area contributed by atoms with Gasteiger partial charge in [-0.3, -0.25) is 19.7 Å². The van der Waals surface area contributed by atoms with E-state index in [1.54, 1.807) is 6.07 Å². The number of ketones is 3. The van der Waals surface area contributed by atoms with E-state index in [9.17, 15) is 29.7 Å². The molecule has 40 heavy (non-hydrogen) atoms. The molecule has 2 aliphatic carbocycles. The number of anilines is 1. The summed E-state index contributed by atoms with van der Waals surface area (Å²) in [7, 11) is 1.37. The zero-order chi connectivity index (χ0) is 28.5. The molecule has 0 saturated carbocycles. The van der Waals surface area contributed by atoms with Gasteiger partial charge in [-0.1, -0.05) is 12.1 Å². The van der Waals surface area contributed by atoms with E-state index in [0.717, 1.165) is 0 Å². The number of aliphatic hydroxyl groups excluding tert-OH is 1. The first kappa shape index (κ1) is 26.8. The lowest BCUT2D eigenvalue weighted by Crippen LogP contribution is -2.51. The van der Waals surface area contributed by atoms with E-state index in [1.165, 1.54) is 19.2 Å². The van der Waals surface area contributed by atoms with Crippen molar-refractivity contribution >= 4 is 23.0 Å². The Morgan fingerprint density at radius 2 is 2.00 bits per heavy atom. The molecule has 212 valence electrons. The lowest BCUT2D eigenvalue weighted by atomic mass is 9.71. The number of fused-ring (bicyclic) bond motifs is 4. The van der Waals surface area contributed by atoms with Gasteiger partial charge in [0.1, 0.15) is 29.8 Å². The van der Waals surface area contributed by atoms with Crippen molar-refractivity contribution in [1.82, 2.24) is 5.32 Å². The molecule has 2 saturated heterocycles.